The first kappa shape index (κ1) is 17.1. The number of benzene rings is 1. The van der Waals surface area contributed by atoms with Crippen LogP contribution in [0.4, 0.5) is 0 Å². The van der Waals surface area contributed by atoms with E-state index in [0.29, 0.717) is 19.0 Å². The van der Waals surface area contributed by atoms with E-state index in [1.165, 1.54) is 11.1 Å². The van der Waals surface area contributed by atoms with Gasteiger partial charge in [0.15, 0.2) is 0 Å². The van der Waals surface area contributed by atoms with Crippen molar-refractivity contribution in [1.29, 1.82) is 0 Å². The molecule has 1 aromatic heterocycles. The Hall–Kier alpha value is -1.72. The molecule has 1 fully saturated rings. The summed E-state index contributed by atoms with van der Waals surface area (Å²) in [6.45, 7) is 7.65. The molecule has 1 unspecified atom stereocenters. The number of likely N-dealkylation sites (tertiary alicyclic amines) is 1. The van der Waals surface area contributed by atoms with E-state index in [2.05, 4.69) is 53.3 Å². The number of β-amino-alcohol motifs (C(OH)–C–C–N with tert-alkyl or cyclic N) is 1. The molecule has 5 heteroatoms. The highest BCUT2D eigenvalue weighted by Crippen LogP contribution is 2.25. The van der Waals surface area contributed by atoms with Crippen LogP contribution in [0.5, 0.6) is 0 Å². The predicted molar refractivity (Wildman–Crippen MR) is 94.5 cm³/mol. The lowest BCUT2D eigenvalue weighted by atomic mass is 9.91. The second-order valence-corrected chi connectivity index (χ2v) is 7.51. The van der Waals surface area contributed by atoms with E-state index in [4.69, 9.17) is 0 Å². The first-order valence-electron chi connectivity index (χ1n) is 8.90. The van der Waals surface area contributed by atoms with Gasteiger partial charge in [0.05, 0.1) is 18.3 Å². The van der Waals surface area contributed by atoms with Crippen LogP contribution in [0.3, 0.4) is 0 Å². The van der Waals surface area contributed by atoms with E-state index in [1.807, 2.05) is 6.20 Å². The molecule has 0 radical (unpaired) electrons. The lowest BCUT2D eigenvalue weighted by Crippen LogP contribution is -2.50. The molecule has 2 heterocycles. The molecule has 1 aliphatic heterocycles. The Kier molecular flexibility index (Phi) is 5.31. The molecule has 1 N–H and O–H groups in total. The molecule has 0 bridgehead atoms. The van der Waals surface area contributed by atoms with E-state index in [0.717, 1.165) is 32.4 Å². The Morgan fingerprint density at radius 3 is 2.75 bits per heavy atom. The van der Waals surface area contributed by atoms with E-state index in [9.17, 15) is 5.11 Å². The van der Waals surface area contributed by atoms with Crippen LogP contribution in [0.15, 0.2) is 36.7 Å². The van der Waals surface area contributed by atoms with Gasteiger partial charge in [-0.1, -0.05) is 43.3 Å². The maximum absolute atomic E-state index is 11.0. The average Bonchev–Trinajstić information content (AvgIpc) is 3.01. The summed E-state index contributed by atoms with van der Waals surface area (Å²) in [7, 11) is 0. The van der Waals surface area contributed by atoms with Crippen molar-refractivity contribution in [2.45, 2.75) is 51.8 Å². The third kappa shape index (κ3) is 4.42. The average molecular weight is 328 g/mol. The highest BCUT2D eigenvalue weighted by molar-refractivity contribution is 5.27. The van der Waals surface area contributed by atoms with Crippen LogP contribution in [0.2, 0.25) is 0 Å². The SMILES string of the molecule is CC(C)Cc1ccccc1CN1CCCC(O)(Cn2ccnn2)C1. The topological polar surface area (TPSA) is 54.2 Å². The number of hydrogen-bond acceptors (Lipinski definition) is 4. The zero-order chi connectivity index (χ0) is 17.0. The van der Waals surface area contributed by atoms with Gasteiger partial charge in [-0.05, 0) is 42.9 Å². The van der Waals surface area contributed by atoms with Crippen molar-refractivity contribution in [2.75, 3.05) is 13.1 Å². The fourth-order valence-electron chi connectivity index (χ4n) is 3.68. The van der Waals surface area contributed by atoms with Crippen LogP contribution < -0.4 is 0 Å². The molecule has 130 valence electrons. The maximum atomic E-state index is 11.0. The normalized spacial score (nSPS) is 22.2. The molecule has 0 amide bonds. The summed E-state index contributed by atoms with van der Waals surface area (Å²) in [5.41, 5.74) is 2.09. The lowest BCUT2D eigenvalue weighted by Gasteiger charge is -2.39. The second kappa shape index (κ2) is 7.45. The molecular weight excluding hydrogens is 300 g/mol. The number of hydrogen-bond donors (Lipinski definition) is 1. The summed E-state index contributed by atoms with van der Waals surface area (Å²) < 4.78 is 1.73. The fraction of sp³-hybridized carbons (Fsp3) is 0.579. The minimum Gasteiger partial charge on any atom is -0.387 e. The first-order valence-corrected chi connectivity index (χ1v) is 8.90. The molecule has 1 aliphatic rings. The summed E-state index contributed by atoms with van der Waals surface area (Å²) in [5.74, 6) is 0.650. The van der Waals surface area contributed by atoms with Crippen molar-refractivity contribution in [3.63, 3.8) is 0 Å². The van der Waals surface area contributed by atoms with Gasteiger partial charge in [0.1, 0.15) is 0 Å². The summed E-state index contributed by atoms with van der Waals surface area (Å²) in [6, 6.07) is 8.70. The van der Waals surface area contributed by atoms with Gasteiger partial charge in [0, 0.05) is 19.3 Å². The number of rotatable bonds is 6. The van der Waals surface area contributed by atoms with Crippen LogP contribution in [-0.2, 0) is 19.5 Å². The Morgan fingerprint density at radius 1 is 1.25 bits per heavy atom. The third-order valence-electron chi connectivity index (χ3n) is 4.70. The van der Waals surface area contributed by atoms with Gasteiger partial charge in [-0.15, -0.1) is 5.10 Å². The largest absolute Gasteiger partial charge is 0.387 e. The molecule has 1 aromatic carbocycles. The number of aromatic nitrogens is 3. The number of nitrogens with zero attached hydrogens (tertiary/aromatic N) is 4. The van der Waals surface area contributed by atoms with E-state index >= 15 is 0 Å². The standard InChI is InChI=1S/C19H28N4O/c1-16(2)12-17-6-3-4-7-18(17)13-22-10-5-8-19(24,14-22)15-23-11-9-20-21-23/h3-4,6-7,9,11,16,24H,5,8,10,12-15H2,1-2H3. The molecule has 5 nitrogen and oxygen atoms in total. The molecule has 0 aliphatic carbocycles. The van der Waals surface area contributed by atoms with Gasteiger partial charge >= 0.3 is 0 Å². The summed E-state index contributed by atoms with van der Waals surface area (Å²) >= 11 is 0. The molecule has 1 atom stereocenters. The molecule has 3 rings (SSSR count). The van der Waals surface area contributed by atoms with Gasteiger partial charge in [0.2, 0.25) is 0 Å². The molecular formula is C19H28N4O. The Bertz CT molecular complexity index is 641. The molecule has 1 saturated heterocycles. The lowest BCUT2D eigenvalue weighted by molar-refractivity contribution is -0.0479. The van der Waals surface area contributed by atoms with Gasteiger partial charge < -0.3 is 5.11 Å². The van der Waals surface area contributed by atoms with Crippen LogP contribution in [0.1, 0.15) is 37.8 Å². The predicted octanol–water partition coefficient (Wildman–Crippen LogP) is 2.50. The zero-order valence-corrected chi connectivity index (χ0v) is 14.7. The Balaban J connectivity index is 1.67. The minimum atomic E-state index is -0.723. The van der Waals surface area contributed by atoms with Crippen molar-refractivity contribution < 1.29 is 5.11 Å². The van der Waals surface area contributed by atoms with Crippen molar-refractivity contribution >= 4 is 0 Å². The fourth-order valence-corrected chi connectivity index (χ4v) is 3.68. The Morgan fingerprint density at radius 2 is 2.04 bits per heavy atom. The van der Waals surface area contributed by atoms with Crippen LogP contribution in [0.25, 0.3) is 0 Å². The quantitative estimate of drug-likeness (QED) is 0.885. The van der Waals surface area contributed by atoms with E-state index in [-0.39, 0.29) is 0 Å². The van der Waals surface area contributed by atoms with Crippen molar-refractivity contribution in [2.24, 2.45) is 5.92 Å². The second-order valence-electron chi connectivity index (χ2n) is 7.51. The summed E-state index contributed by atoms with van der Waals surface area (Å²) in [6.07, 6.45) is 6.41. The highest BCUT2D eigenvalue weighted by Gasteiger charge is 2.34. The molecule has 0 saturated carbocycles. The highest BCUT2D eigenvalue weighted by atomic mass is 16.3. The molecule has 2 aromatic rings. The van der Waals surface area contributed by atoms with Crippen LogP contribution in [0, 0.1) is 5.92 Å². The van der Waals surface area contributed by atoms with Gasteiger partial charge in [0.25, 0.3) is 0 Å². The van der Waals surface area contributed by atoms with Crippen molar-refractivity contribution in [3.05, 3.63) is 47.8 Å². The van der Waals surface area contributed by atoms with E-state index < -0.39 is 5.60 Å². The van der Waals surface area contributed by atoms with Gasteiger partial charge in [-0.25, -0.2) is 4.68 Å². The minimum absolute atomic E-state index is 0.511. The number of aliphatic hydroxyl groups is 1. The van der Waals surface area contributed by atoms with Gasteiger partial charge in [-0.2, -0.15) is 0 Å². The summed E-state index contributed by atoms with van der Waals surface area (Å²) in [5, 5.41) is 18.8. The number of piperidine rings is 1. The first-order chi connectivity index (χ1) is 11.5. The molecule has 0 spiro atoms. The maximum Gasteiger partial charge on any atom is 0.0970 e. The monoisotopic (exact) mass is 328 g/mol. The third-order valence-corrected chi connectivity index (χ3v) is 4.70. The van der Waals surface area contributed by atoms with Crippen molar-refractivity contribution in [3.8, 4) is 0 Å². The summed E-state index contributed by atoms with van der Waals surface area (Å²) in [4.78, 5) is 2.37. The van der Waals surface area contributed by atoms with Crippen molar-refractivity contribution in [1.82, 2.24) is 19.9 Å². The van der Waals surface area contributed by atoms with Crippen LogP contribution >= 0.6 is 0 Å². The van der Waals surface area contributed by atoms with Crippen LogP contribution in [-0.4, -0.2) is 43.7 Å². The molecule has 24 heavy (non-hydrogen) atoms. The smallest absolute Gasteiger partial charge is 0.0970 e. The zero-order valence-electron chi connectivity index (χ0n) is 14.7. The van der Waals surface area contributed by atoms with E-state index in [1.54, 1.807) is 10.9 Å². The van der Waals surface area contributed by atoms with Gasteiger partial charge in [-0.3, -0.25) is 4.90 Å². The Labute approximate surface area is 144 Å².